The molecule has 184 valence electrons. The first-order chi connectivity index (χ1) is 17.5. The first-order valence-corrected chi connectivity index (χ1v) is 12.6. The first kappa shape index (κ1) is 22.9. The maximum Gasteiger partial charge on any atom is 0.229 e. The Morgan fingerprint density at radius 1 is 1.08 bits per heavy atom. The van der Waals surface area contributed by atoms with Crippen LogP contribution >= 0.6 is 0 Å². The Balaban J connectivity index is 1.22. The van der Waals surface area contributed by atoms with Crippen molar-refractivity contribution in [2.75, 3.05) is 56.7 Å². The van der Waals surface area contributed by atoms with Gasteiger partial charge in [0.1, 0.15) is 11.5 Å². The van der Waals surface area contributed by atoms with Crippen molar-refractivity contribution in [2.24, 2.45) is 11.3 Å². The van der Waals surface area contributed by atoms with Gasteiger partial charge in [0.05, 0.1) is 30.7 Å². The second-order valence-corrected chi connectivity index (χ2v) is 10.2. The predicted octanol–water partition coefficient (Wildman–Crippen LogP) is 2.85. The molecule has 1 N–H and O–H groups in total. The molecule has 1 aliphatic carbocycles. The molecule has 36 heavy (non-hydrogen) atoms. The number of carbonyl (C=O) groups excluding carboxylic acids is 1. The molecule has 8 heteroatoms. The molecule has 3 aromatic heterocycles. The lowest BCUT2D eigenvalue weighted by Gasteiger charge is -2.28. The Morgan fingerprint density at radius 2 is 1.94 bits per heavy atom. The number of pyridine rings is 3. The SMILES string of the molecule is Cc1ncc(C#Cc2ccc(N3CCOCC3)cn2)c2cc(NC(=O)C3CC34CCN(C)C4)ncc12. The highest BCUT2D eigenvalue weighted by Crippen LogP contribution is 2.58. The van der Waals surface area contributed by atoms with E-state index in [2.05, 4.69) is 55.0 Å². The molecule has 0 bridgehead atoms. The summed E-state index contributed by atoms with van der Waals surface area (Å²) in [6.07, 6.45) is 7.49. The Kier molecular flexibility index (Phi) is 5.82. The van der Waals surface area contributed by atoms with E-state index in [1.54, 1.807) is 12.4 Å². The molecule has 2 unspecified atom stereocenters. The predicted molar refractivity (Wildman–Crippen MR) is 139 cm³/mol. The second-order valence-electron chi connectivity index (χ2n) is 10.2. The molecule has 0 aromatic carbocycles. The van der Waals surface area contributed by atoms with Crippen LogP contribution < -0.4 is 10.2 Å². The summed E-state index contributed by atoms with van der Waals surface area (Å²) in [4.78, 5) is 31.1. The molecular formula is C28H30N6O2. The minimum atomic E-state index is 0.0696. The van der Waals surface area contributed by atoms with Crippen molar-refractivity contribution >= 4 is 28.2 Å². The van der Waals surface area contributed by atoms with Crippen LogP contribution in [-0.4, -0.2) is 72.2 Å². The number of fused-ring (bicyclic) bond motifs is 1. The van der Waals surface area contributed by atoms with E-state index >= 15 is 0 Å². The number of anilines is 2. The van der Waals surface area contributed by atoms with Gasteiger partial charge in [-0.2, -0.15) is 0 Å². The number of carbonyl (C=O) groups is 1. The molecule has 0 radical (unpaired) electrons. The normalized spacial score (nSPS) is 23.5. The summed E-state index contributed by atoms with van der Waals surface area (Å²) in [5.74, 6) is 7.11. The van der Waals surface area contributed by atoms with Crippen LogP contribution in [0.2, 0.25) is 0 Å². The van der Waals surface area contributed by atoms with Gasteiger partial charge in [-0.3, -0.25) is 9.78 Å². The highest BCUT2D eigenvalue weighted by molar-refractivity contribution is 5.97. The van der Waals surface area contributed by atoms with Gasteiger partial charge in [-0.05, 0) is 62.9 Å². The number of hydrogen-bond donors (Lipinski definition) is 1. The van der Waals surface area contributed by atoms with Gasteiger partial charge in [-0.15, -0.1) is 0 Å². The zero-order valence-electron chi connectivity index (χ0n) is 20.8. The second kappa shape index (κ2) is 9.16. The fourth-order valence-electron chi connectivity index (χ4n) is 5.53. The summed E-state index contributed by atoms with van der Waals surface area (Å²) in [5.41, 5.74) is 3.61. The first-order valence-electron chi connectivity index (χ1n) is 12.6. The minimum absolute atomic E-state index is 0.0696. The highest BCUT2D eigenvalue weighted by atomic mass is 16.5. The molecule has 3 aliphatic rings. The molecule has 2 saturated heterocycles. The minimum Gasteiger partial charge on any atom is -0.378 e. The number of rotatable bonds is 3. The van der Waals surface area contributed by atoms with Gasteiger partial charge in [0.15, 0.2) is 0 Å². The van der Waals surface area contributed by atoms with Crippen LogP contribution in [0.25, 0.3) is 10.8 Å². The van der Waals surface area contributed by atoms with Gasteiger partial charge in [-0.1, -0.05) is 5.92 Å². The molecule has 1 spiro atoms. The third-order valence-electron chi connectivity index (χ3n) is 7.75. The smallest absolute Gasteiger partial charge is 0.229 e. The monoisotopic (exact) mass is 482 g/mol. The molecule has 5 heterocycles. The molecule has 2 atom stereocenters. The van der Waals surface area contributed by atoms with Gasteiger partial charge in [0.2, 0.25) is 5.91 Å². The van der Waals surface area contributed by atoms with E-state index < -0.39 is 0 Å². The lowest BCUT2D eigenvalue weighted by molar-refractivity contribution is -0.118. The van der Waals surface area contributed by atoms with E-state index in [0.717, 1.165) is 80.0 Å². The maximum atomic E-state index is 13.0. The quantitative estimate of drug-likeness (QED) is 0.575. The Morgan fingerprint density at radius 3 is 2.69 bits per heavy atom. The van der Waals surface area contributed by atoms with Crippen LogP contribution in [0.5, 0.6) is 0 Å². The van der Waals surface area contributed by atoms with Crippen molar-refractivity contribution in [2.45, 2.75) is 19.8 Å². The fourth-order valence-corrected chi connectivity index (χ4v) is 5.53. The molecule has 1 saturated carbocycles. The van der Waals surface area contributed by atoms with E-state index in [-0.39, 0.29) is 17.2 Å². The third-order valence-corrected chi connectivity index (χ3v) is 7.75. The number of ether oxygens (including phenoxy) is 1. The average Bonchev–Trinajstić information content (AvgIpc) is 3.49. The third kappa shape index (κ3) is 4.41. The van der Waals surface area contributed by atoms with Gasteiger partial charge < -0.3 is 19.9 Å². The van der Waals surface area contributed by atoms with Crippen LogP contribution in [-0.2, 0) is 9.53 Å². The lowest BCUT2D eigenvalue weighted by Crippen LogP contribution is -2.36. The molecule has 3 aromatic rings. The Bertz CT molecular complexity index is 1370. The van der Waals surface area contributed by atoms with Crippen LogP contribution in [0.3, 0.4) is 0 Å². The Hall–Kier alpha value is -3.54. The van der Waals surface area contributed by atoms with Crippen LogP contribution in [0.4, 0.5) is 11.5 Å². The maximum absolute atomic E-state index is 13.0. The molecule has 1 amide bonds. The van der Waals surface area contributed by atoms with Gasteiger partial charge in [0, 0.05) is 54.4 Å². The van der Waals surface area contributed by atoms with Crippen molar-refractivity contribution in [1.82, 2.24) is 19.9 Å². The summed E-state index contributed by atoms with van der Waals surface area (Å²) < 4.78 is 5.43. The Labute approximate surface area is 211 Å². The number of nitrogens with zero attached hydrogens (tertiary/aromatic N) is 5. The largest absolute Gasteiger partial charge is 0.378 e. The number of likely N-dealkylation sites (tertiary alicyclic amines) is 1. The molecule has 6 rings (SSSR count). The average molecular weight is 483 g/mol. The van der Waals surface area contributed by atoms with Crippen molar-refractivity contribution < 1.29 is 9.53 Å². The van der Waals surface area contributed by atoms with Gasteiger partial charge in [-0.25, -0.2) is 9.97 Å². The summed E-state index contributed by atoms with van der Waals surface area (Å²) in [5, 5.41) is 4.91. The number of aryl methyl sites for hydroxylation is 1. The van der Waals surface area contributed by atoms with Crippen LogP contribution in [0, 0.1) is 30.1 Å². The van der Waals surface area contributed by atoms with E-state index in [4.69, 9.17) is 4.74 Å². The zero-order valence-corrected chi connectivity index (χ0v) is 20.8. The van der Waals surface area contributed by atoms with Gasteiger partial charge in [0.25, 0.3) is 0 Å². The van der Waals surface area contributed by atoms with Crippen molar-refractivity contribution in [3.8, 4) is 11.8 Å². The van der Waals surface area contributed by atoms with Crippen molar-refractivity contribution in [1.29, 1.82) is 0 Å². The molecule has 2 aliphatic heterocycles. The summed E-state index contributed by atoms with van der Waals surface area (Å²) in [7, 11) is 2.12. The lowest BCUT2D eigenvalue weighted by atomic mass is 10.0. The molecular weight excluding hydrogens is 452 g/mol. The number of amides is 1. The summed E-state index contributed by atoms with van der Waals surface area (Å²) in [6, 6.07) is 5.91. The molecule has 8 nitrogen and oxygen atoms in total. The summed E-state index contributed by atoms with van der Waals surface area (Å²) in [6.45, 7) is 7.25. The van der Waals surface area contributed by atoms with E-state index in [9.17, 15) is 4.79 Å². The van der Waals surface area contributed by atoms with Crippen molar-refractivity contribution in [3.63, 3.8) is 0 Å². The number of aromatic nitrogens is 3. The van der Waals surface area contributed by atoms with E-state index in [0.29, 0.717) is 11.5 Å². The van der Waals surface area contributed by atoms with E-state index in [1.807, 2.05) is 25.3 Å². The van der Waals surface area contributed by atoms with Crippen LogP contribution in [0.15, 0.2) is 36.8 Å². The standard InChI is InChI=1S/C28H30N6O2/c1-19-24-17-31-26(32-27(35)25-14-28(25)7-8-33(2)18-28)13-23(24)20(15-29-19)3-4-21-5-6-22(16-30-21)34-9-11-36-12-10-34/h5-6,13,15-17,25H,7-12,14,18H2,1-2H3,(H,31,32,35). The zero-order chi connectivity index (χ0) is 24.7. The van der Waals surface area contributed by atoms with Crippen LogP contribution in [0.1, 0.15) is 29.8 Å². The highest BCUT2D eigenvalue weighted by Gasteiger charge is 2.60. The topological polar surface area (TPSA) is 83.5 Å². The van der Waals surface area contributed by atoms with Gasteiger partial charge >= 0.3 is 0 Å². The summed E-state index contributed by atoms with van der Waals surface area (Å²) >= 11 is 0. The fraction of sp³-hybridized carbons (Fsp3) is 0.429. The van der Waals surface area contributed by atoms with Crippen molar-refractivity contribution in [3.05, 3.63) is 53.7 Å². The number of nitrogens with one attached hydrogen (secondary N) is 1. The van der Waals surface area contributed by atoms with E-state index in [1.165, 1.54) is 0 Å². The number of hydrogen-bond acceptors (Lipinski definition) is 7. The molecule has 3 fully saturated rings. The number of morpholine rings is 1.